The average Bonchev–Trinajstić information content (AvgIpc) is 3.64. The second-order valence-electron chi connectivity index (χ2n) is 24.6. The van der Waals surface area contributed by atoms with Gasteiger partial charge in [0.25, 0.3) is 0 Å². The minimum absolute atomic E-state index is 0.106. The third-order valence-corrected chi connectivity index (χ3v) is 17.8. The monoisotopic (exact) mass is 1280 g/mol. The summed E-state index contributed by atoms with van der Waals surface area (Å²) in [6.07, 6.45) is 49.9. The summed E-state index contributed by atoms with van der Waals surface area (Å²) < 4.78 is 68.1. The number of carbonyl (C=O) groups is 4. The Morgan fingerprint density at radius 2 is 0.460 bits per heavy atom. The van der Waals surface area contributed by atoms with Gasteiger partial charge < -0.3 is 33.8 Å². The van der Waals surface area contributed by atoms with E-state index in [1.54, 1.807) is 0 Å². The predicted octanol–water partition coefficient (Wildman–Crippen LogP) is 19.5. The standard InChI is InChI=1S/C68H132O17P2/c1-5-9-13-17-21-25-27-28-29-30-31-32-33-35-39-43-47-51-55-68(73)85-64(59-79-66(71)53-49-45-41-38-34-26-22-18-14-10-6-2)61-83-87(76,77)81-57-62(69)56-80-86(74,75)82-60-63(84-67(72)54-50-46-42-37-24-20-16-12-8-4)58-78-65(70)52-48-44-40-36-23-19-15-11-7-3/h62-64,69H,5-61H2,1-4H3,(H,74,75)(H,76,77)/t62-,63+,64+/m0/s1. The molecular formula is C68H132O17P2. The molecule has 87 heavy (non-hydrogen) atoms. The quantitative estimate of drug-likeness (QED) is 0.0222. The Balaban J connectivity index is 5.18. The zero-order valence-corrected chi connectivity index (χ0v) is 57.8. The van der Waals surface area contributed by atoms with E-state index >= 15 is 0 Å². The highest BCUT2D eigenvalue weighted by Crippen LogP contribution is 2.45. The number of ether oxygens (including phenoxy) is 4. The lowest BCUT2D eigenvalue weighted by Crippen LogP contribution is -2.30. The van der Waals surface area contributed by atoms with Gasteiger partial charge in [0.1, 0.15) is 19.3 Å². The van der Waals surface area contributed by atoms with Crippen LogP contribution in [0, 0.1) is 0 Å². The van der Waals surface area contributed by atoms with Crippen molar-refractivity contribution >= 4 is 39.5 Å². The summed E-state index contributed by atoms with van der Waals surface area (Å²) in [5.74, 6) is -2.13. The first-order chi connectivity index (χ1) is 42.2. The fraction of sp³-hybridized carbons (Fsp3) is 0.941. The maximum Gasteiger partial charge on any atom is 0.472 e. The molecule has 0 aliphatic rings. The molecule has 0 bridgehead atoms. The number of phosphoric acid groups is 2. The minimum atomic E-state index is -4.95. The summed E-state index contributed by atoms with van der Waals surface area (Å²) in [6.45, 7) is 4.89. The molecule has 0 aliphatic heterocycles. The number of esters is 4. The van der Waals surface area contributed by atoms with Crippen molar-refractivity contribution in [3.8, 4) is 0 Å². The Kier molecular flexibility index (Phi) is 61.4. The van der Waals surface area contributed by atoms with E-state index < -0.39 is 97.5 Å². The van der Waals surface area contributed by atoms with Crippen LogP contribution in [0.15, 0.2) is 0 Å². The van der Waals surface area contributed by atoms with Crippen LogP contribution in [0.4, 0.5) is 0 Å². The van der Waals surface area contributed by atoms with Crippen LogP contribution in [0.25, 0.3) is 0 Å². The van der Waals surface area contributed by atoms with Crippen molar-refractivity contribution in [1.29, 1.82) is 0 Å². The van der Waals surface area contributed by atoms with Gasteiger partial charge in [0.2, 0.25) is 0 Å². The van der Waals surface area contributed by atoms with E-state index in [1.807, 2.05) is 0 Å². The third kappa shape index (κ3) is 62.6. The van der Waals surface area contributed by atoms with E-state index in [1.165, 1.54) is 186 Å². The van der Waals surface area contributed by atoms with Gasteiger partial charge in [-0.2, -0.15) is 0 Å². The minimum Gasteiger partial charge on any atom is -0.462 e. The molecule has 0 amide bonds. The van der Waals surface area contributed by atoms with Crippen LogP contribution in [0.1, 0.15) is 355 Å². The van der Waals surface area contributed by atoms with Crippen molar-refractivity contribution in [2.24, 2.45) is 0 Å². The molecule has 0 rings (SSSR count). The van der Waals surface area contributed by atoms with Crippen LogP contribution in [0.5, 0.6) is 0 Å². The summed E-state index contributed by atoms with van der Waals surface area (Å²) in [5, 5.41) is 10.6. The molecule has 17 nitrogen and oxygen atoms in total. The third-order valence-electron chi connectivity index (χ3n) is 15.9. The van der Waals surface area contributed by atoms with Gasteiger partial charge in [-0.25, -0.2) is 9.13 Å². The molecule has 5 atom stereocenters. The highest BCUT2D eigenvalue weighted by Gasteiger charge is 2.30. The Bertz CT molecular complexity index is 1670. The highest BCUT2D eigenvalue weighted by atomic mass is 31.2. The molecule has 0 aromatic heterocycles. The van der Waals surface area contributed by atoms with Crippen LogP contribution in [0.2, 0.25) is 0 Å². The lowest BCUT2D eigenvalue weighted by molar-refractivity contribution is -0.161. The summed E-state index contributed by atoms with van der Waals surface area (Å²) in [5.41, 5.74) is 0. The number of phosphoric ester groups is 2. The molecule has 0 heterocycles. The molecule has 19 heteroatoms. The Labute approximate surface area is 530 Å². The molecule has 2 unspecified atom stereocenters. The van der Waals surface area contributed by atoms with Crippen LogP contribution in [0.3, 0.4) is 0 Å². The van der Waals surface area contributed by atoms with Crippen molar-refractivity contribution in [1.82, 2.24) is 0 Å². The Morgan fingerprint density at radius 3 is 0.678 bits per heavy atom. The molecule has 0 saturated heterocycles. The fourth-order valence-electron chi connectivity index (χ4n) is 10.3. The van der Waals surface area contributed by atoms with Crippen molar-refractivity contribution in [2.75, 3.05) is 39.6 Å². The first kappa shape index (κ1) is 85.1. The maximum atomic E-state index is 13.0. The molecule has 0 aromatic carbocycles. The van der Waals surface area contributed by atoms with E-state index in [0.29, 0.717) is 25.7 Å². The van der Waals surface area contributed by atoms with Crippen molar-refractivity contribution in [2.45, 2.75) is 373 Å². The summed E-state index contributed by atoms with van der Waals surface area (Å²) in [4.78, 5) is 72.3. The summed E-state index contributed by atoms with van der Waals surface area (Å²) in [6, 6.07) is 0. The number of hydrogen-bond donors (Lipinski definition) is 3. The van der Waals surface area contributed by atoms with Crippen LogP contribution in [-0.2, 0) is 65.4 Å². The molecule has 0 aromatic rings. The molecule has 0 aliphatic carbocycles. The van der Waals surface area contributed by atoms with Crippen molar-refractivity contribution < 1.29 is 80.2 Å². The number of hydrogen-bond acceptors (Lipinski definition) is 15. The molecule has 0 fully saturated rings. The Hall–Kier alpha value is -1.94. The number of carbonyl (C=O) groups excluding carboxylic acids is 4. The molecular weight excluding hydrogens is 1150 g/mol. The molecule has 0 spiro atoms. The van der Waals surface area contributed by atoms with Crippen LogP contribution >= 0.6 is 15.6 Å². The van der Waals surface area contributed by atoms with Gasteiger partial charge >= 0.3 is 39.5 Å². The second-order valence-corrected chi connectivity index (χ2v) is 27.5. The second kappa shape index (κ2) is 62.8. The normalized spacial score (nSPS) is 14.1. The van der Waals surface area contributed by atoms with Gasteiger partial charge in [-0.05, 0) is 25.7 Å². The highest BCUT2D eigenvalue weighted by molar-refractivity contribution is 7.47. The first-order valence-corrected chi connectivity index (χ1v) is 38.8. The lowest BCUT2D eigenvalue weighted by Gasteiger charge is -2.21. The van der Waals surface area contributed by atoms with Crippen molar-refractivity contribution in [3.63, 3.8) is 0 Å². The van der Waals surface area contributed by atoms with Gasteiger partial charge in [0.15, 0.2) is 12.2 Å². The van der Waals surface area contributed by atoms with E-state index in [0.717, 1.165) is 89.9 Å². The summed E-state index contributed by atoms with van der Waals surface area (Å²) >= 11 is 0. The van der Waals surface area contributed by atoms with Gasteiger partial charge in [0, 0.05) is 25.7 Å². The van der Waals surface area contributed by atoms with Gasteiger partial charge in [-0.1, -0.05) is 304 Å². The summed E-state index contributed by atoms with van der Waals surface area (Å²) in [7, 11) is -9.89. The van der Waals surface area contributed by atoms with Gasteiger partial charge in [0.05, 0.1) is 26.4 Å². The zero-order chi connectivity index (χ0) is 64.0. The van der Waals surface area contributed by atoms with E-state index in [-0.39, 0.29) is 25.7 Å². The number of aliphatic hydroxyl groups excluding tert-OH is 1. The van der Waals surface area contributed by atoms with Crippen LogP contribution in [-0.4, -0.2) is 96.7 Å². The number of rotatable bonds is 69. The smallest absolute Gasteiger partial charge is 0.462 e. The van der Waals surface area contributed by atoms with Crippen LogP contribution < -0.4 is 0 Å². The van der Waals surface area contributed by atoms with E-state index in [9.17, 15) is 43.2 Å². The number of unbranched alkanes of at least 4 members (excludes halogenated alkanes) is 43. The lowest BCUT2D eigenvalue weighted by atomic mass is 10.0. The predicted molar refractivity (Wildman–Crippen MR) is 349 cm³/mol. The topological polar surface area (TPSA) is 237 Å². The first-order valence-electron chi connectivity index (χ1n) is 35.8. The van der Waals surface area contributed by atoms with Gasteiger partial charge in [-0.3, -0.25) is 37.3 Å². The maximum absolute atomic E-state index is 13.0. The largest absolute Gasteiger partial charge is 0.472 e. The van der Waals surface area contributed by atoms with Crippen molar-refractivity contribution in [3.05, 3.63) is 0 Å². The van der Waals surface area contributed by atoms with Gasteiger partial charge in [-0.15, -0.1) is 0 Å². The van der Waals surface area contributed by atoms with E-state index in [2.05, 4.69) is 27.7 Å². The zero-order valence-electron chi connectivity index (χ0n) is 56.0. The fourth-order valence-corrected chi connectivity index (χ4v) is 11.9. The average molecular weight is 1280 g/mol. The molecule has 3 N–H and O–H groups in total. The molecule has 0 saturated carbocycles. The van der Waals surface area contributed by atoms with E-state index in [4.69, 9.17) is 37.0 Å². The molecule has 0 radical (unpaired) electrons. The molecule has 516 valence electrons. The Morgan fingerprint density at radius 1 is 0.276 bits per heavy atom. The number of aliphatic hydroxyl groups is 1. The SMILES string of the molecule is CCCCCCCCCCCCCCCCCCCCC(=O)O[C@H](COC(=O)CCCCCCCCCCCCC)COP(=O)(O)OC[C@@H](O)COP(=O)(O)OC[C@@H](COC(=O)CCCCCCCCCCC)OC(=O)CCCCCCCCCCC.